The molecule has 2 aromatic carbocycles. The molecule has 18 heavy (non-hydrogen) atoms. The SMILES string of the molecule is Cc1ccc(O)c([C@@H](CCN)c2ccccc2)c1. The van der Waals surface area contributed by atoms with E-state index < -0.39 is 0 Å². The van der Waals surface area contributed by atoms with Gasteiger partial charge in [-0.1, -0.05) is 48.0 Å². The molecular weight excluding hydrogens is 222 g/mol. The standard InChI is InChI=1S/C16H19NO/c1-12-7-8-16(18)15(11-12)14(9-10-17)13-5-3-2-4-6-13/h2-8,11,14,18H,9-10,17H2,1H3/t14-/m0/s1. The summed E-state index contributed by atoms with van der Waals surface area (Å²) in [5.41, 5.74) is 9.03. The van der Waals surface area contributed by atoms with Crippen LogP contribution in [0.5, 0.6) is 5.75 Å². The number of hydrogen-bond acceptors (Lipinski definition) is 2. The normalized spacial score (nSPS) is 12.3. The fourth-order valence-corrected chi connectivity index (χ4v) is 2.31. The summed E-state index contributed by atoms with van der Waals surface area (Å²) >= 11 is 0. The van der Waals surface area contributed by atoms with Crippen LogP contribution in [0.1, 0.15) is 29.0 Å². The van der Waals surface area contributed by atoms with E-state index in [1.165, 1.54) is 5.56 Å². The van der Waals surface area contributed by atoms with Crippen LogP contribution < -0.4 is 5.73 Å². The topological polar surface area (TPSA) is 46.2 Å². The van der Waals surface area contributed by atoms with Gasteiger partial charge >= 0.3 is 0 Å². The van der Waals surface area contributed by atoms with Crippen LogP contribution in [0.3, 0.4) is 0 Å². The maximum atomic E-state index is 10.1. The summed E-state index contributed by atoms with van der Waals surface area (Å²) in [6.45, 7) is 2.64. The first kappa shape index (κ1) is 12.7. The van der Waals surface area contributed by atoms with Crippen molar-refractivity contribution >= 4 is 0 Å². The van der Waals surface area contributed by atoms with Gasteiger partial charge in [-0.15, -0.1) is 0 Å². The van der Waals surface area contributed by atoms with Crippen LogP contribution in [0.25, 0.3) is 0 Å². The average Bonchev–Trinajstić information content (AvgIpc) is 2.40. The molecule has 0 aromatic heterocycles. The molecule has 0 aliphatic carbocycles. The molecule has 3 N–H and O–H groups in total. The van der Waals surface area contributed by atoms with E-state index in [0.717, 1.165) is 17.5 Å². The fourth-order valence-electron chi connectivity index (χ4n) is 2.31. The molecule has 2 aromatic rings. The molecule has 0 saturated carbocycles. The monoisotopic (exact) mass is 241 g/mol. The lowest BCUT2D eigenvalue weighted by atomic mass is 9.87. The molecule has 0 saturated heterocycles. The Labute approximate surface area is 108 Å². The van der Waals surface area contributed by atoms with Crippen molar-refractivity contribution in [3.05, 3.63) is 65.2 Å². The third-order valence-electron chi connectivity index (χ3n) is 3.22. The molecular formula is C16H19NO. The van der Waals surface area contributed by atoms with Crippen LogP contribution in [0, 0.1) is 6.92 Å². The van der Waals surface area contributed by atoms with Gasteiger partial charge in [0.1, 0.15) is 5.75 Å². The second-order valence-corrected chi connectivity index (χ2v) is 4.60. The van der Waals surface area contributed by atoms with Gasteiger partial charge in [0.05, 0.1) is 0 Å². The number of phenols is 1. The van der Waals surface area contributed by atoms with Crippen molar-refractivity contribution in [2.45, 2.75) is 19.3 Å². The second kappa shape index (κ2) is 5.69. The molecule has 0 aliphatic rings. The Kier molecular flexibility index (Phi) is 4.00. The molecule has 0 aliphatic heterocycles. The van der Waals surface area contributed by atoms with Crippen molar-refractivity contribution in [3.8, 4) is 5.75 Å². The van der Waals surface area contributed by atoms with Crippen molar-refractivity contribution in [1.82, 2.24) is 0 Å². The Hall–Kier alpha value is -1.80. The Morgan fingerprint density at radius 1 is 1.11 bits per heavy atom. The highest BCUT2D eigenvalue weighted by molar-refractivity contribution is 5.43. The summed E-state index contributed by atoms with van der Waals surface area (Å²) in [4.78, 5) is 0. The second-order valence-electron chi connectivity index (χ2n) is 4.60. The molecule has 0 unspecified atom stereocenters. The van der Waals surface area contributed by atoms with E-state index >= 15 is 0 Å². The van der Waals surface area contributed by atoms with Crippen LogP contribution in [0.15, 0.2) is 48.5 Å². The van der Waals surface area contributed by atoms with Crippen LogP contribution in [0.2, 0.25) is 0 Å². The van der Waals surface area contributed by atoms with Gasteiger partial charge in [0.15, 0.2) is 0 Å². The maximum Gasteiger partial charge on any atom is 0.119 e. The van der Waals surface area contributed by atoms with E-state index in [1.807, 2.05) is 37.3 Å². The van der Waals surface area contributed by atoms with Gasteiger partial charge in [0, 0.05) is 11.5 Å². The third-order valence-corrected chi connectivity index (χ3v) is 3.22. The van der Waals surface area contributed by atoms with Gasteiger partial charge in [-0.2, -0.15) is 0 Å². The van der Waals surface area contributed by atoms with E-state index in [1.54, 1.807) is 6.07 Å². The van der Waals surface area contributed by atoms with E-state index in [0.29, 0.717) is 12.3 Å². The number of nitrogens with two attached hydrogens (primary N) is 1. The van der Waals surface area contributed by atoms with Crippen LogP contribution in [0.4, 0.5) is 0 Å². The van der Waals surface area contributed by atoms with Crippen molar-refractivity contribution < 1.29 is 5.11 Å². The first-order valence-electron chi connectivity index (χ1n) is 6.27. The number of rotatable bonds is 4. The number of aryl methyl sites for hydroxylation is 1. The fraction of sp³-hybridized carbons (Fsp3) is 0.250. The molecule has 2 heteroatoms. The van der Waals surface area contributed by atoms with E-state index in [4.69, 9.17) is 5.73 Å². The lowest BCUT2D eigenvalue weighted by Gasteiger charge is -2.19. The maximum absolute atomic E-state index is 10.1. The van der Waals surface area contributed by atoms with Gasteiger partial charge in [-0.3, -0.25) is 0 Å². The molecule has 0 bridgehead atoms. The van der Waals surface area contributed by atoms with Gasteiger partial charge in [-0.05, 0) is 31.5 Å². The highest BCUT2D eigenvalue weighted by Crippen LogP contribution is 2.33. The van der Waals surface area contributed by atoms with E-state index in [-0.39, 0.29) is 5.92 Å². The molecule has 0 fully saturated rings. The Bertz CT molecular complexity index is 508. The highest BCUT2D eigenvalue weighted by Gasteiger charge is 2.16. The summed E-state index contributed by atoms with van der Waals surface area (Å²) < 4.78 is 0. The van der Waals surface area contributed by atoms with E-state index in [2.05, 4.69) is 12.1 Å². The lowest BCUT2D eigenvalue weighted by Crippen LogP contribution is -2.09. The summed E-state index contributed by atoms with van der Waals surface area (Å²) in [6, 6.07) is 15.9. The minimum atomic E-state index is 0.163. The summed E-state index contributed by atoms with van der Waals surface area (Å²) in [5, 5.41) is 10.1. The quantitative estimate of drug-likeness (QED) is 0.863. The zero-order chi connectivity index (χ0) is 13.0. The zero-order valence-corrected chi connectivity index (χ0v) is 10.6. The van der Waals surface area contributed by atoms with Crippen molar-refractivity contribution in [2.75, 3.05) is 6.54 Å². The molecule has 0 heterocycles. The predicted molar refractivity (Wildman–Crippen MR) is 74.8 cm³/mol. The van der Waals surface area contributed by atoms with Crippen molar-refractivity contribution in [2.24, 2.45) is 5.73 Å². The van der Waals surface area contributed by atoms with Gasteiger partial charge in [0.25, 0.3) is 0 Å². The Balaban J connectivity index is 2.44. The zero-order valence-electron chi connectivity index (χ0n) is 10.6. The first-order chi connectivity index (χ1) is 8.72. The highest BCUT2D eigenvalue weighted by atomic mass is 16.3. The number of benzene rings is 2. The van der Waals surface area contributed by atoms with Crippen LogP contribution in [-0.4, -0.2) is 11.7 Å². The van der Waals surface area contributed by atoms with Crippen LogP contribution >= 0.6 is 0 Å². The smallest absolute Gasteiger partial charge is 0.119 e. The predicted octanol–water partition coefficient (Wildman–Crippen LogP) is 3.18. The minimum Gasteiger partial charge on any atom is -0.508 e. The molecule has 0 radical (unpaired) electrons. The molecule has 2 nitrogen and oxygen atoms in total. The molecule has 94 valence electrons. The third kappa shape index (κ3) is 2.71. The van der Waals surface area contributed by atoms with Gasteiger partial charge in [0.2, 0.25) is 0 Å². The molecule has 0 amide bonds. The summed E-state index contributed by atoms with van der Waals surface area (Å²) in [6.07, 6.45) is 0.834. The van der Waals surface area contributed by atoms with Gasteiger partial charge < -0.3 is 10.8 Å². The van der Waals surface area contributed by atoms with Crippen molar-refractivity contribution in [1.29, 1.82) is 0 Å². The molecule has 0 spiro atoms. The number of hydrogen-bond donors (Lipinski definition) is 2. The first-order valence-corrected chi connectivity index (χ1v) is 6.27. The Morgan fingerprint density at radius 3 is 2.50 bits per heavy atom. The molecule has 2 rings (SSSR count). The van der Waals surface area contributed by atoms with Crippen molar-refractivity contribution in [3.63, 3.8) is 0 Å². The molecule has 1 atom stereocenters. The Morgan fingerprint density at radius 2 is 1.83 bits per heavy atom. The van der Waals surface area contributed by atoms with E-state index in [9.17, 15) is 5.11 Å². The number of phenolic OH excluding ortho intramolecular Hbond substituents is 1. The summed E-state index contributed by atoms with van der Waals surface area (Å²) in [5.74, 6) is 0.513. The minimum absolute atomic E-state index is 0.163. The largest absolute Gasteiger partial charge is 0.508 e. The lowest BCUT2D eigenvalue weighted by molar-refractivity contribution is 0.463. The average molecular weight is 241 g/mol. The van der Waals surface area contributed by atoms with Gasteiger partial charge in [-0.25, -0.2) is 0 Å². The number of aromatic hydroxyl groups is 1. The van der Waals surface area contributed by atoms with Crippen LogP contribution in [-0.2, 0) is 0 Å². The summed E-state index contributed by atoms with van der Waals surface area (Å²) in [7, 11) is 0.